The molecule has 0 spiro atoms. The van der Waals surface area contributed by atoms with E-state index in [1.54, 1.807) is 19.1 Å². The Labute approximate surface area is 153 Å². The molecule has 7 nitrogen and oxygen atoms in total. The molecular weight excluding hydrogens is 362 g/mol. The summed E-state index contributed by atoms with van der Waals surface area (Å²) in [7, 11) is 0. The zero-order valence-electron chi connectivity index (χ0n) is 13.8. The Kier molecular flexibility index (Phi) is 7.08. The number of rotatable bonds is 8. The molecule has 0 aliphatic carbocycles. The van der Waals surface area contributed by atoms with Gasteiger partial charge in [0.15, 0.2) is 10.1 Å². The highest BCUT2D eigenvalue weighted by molar-refractivity contribution is 8.01. The Balaban J connectivity index is 1.83. The van der Waals surface area contributed by atoms with Crippen molar-refractivity contribution in [3.8, 4) is 0 Å². The highest BCUT2D eigenvalue weighted by Crippen LogP contribution is 2.26. The summed E-state index contributed by atoms with van der Waals surface area (Å²) in [6.07, 6.45) is -0.253. The maximum Gasteiger partial charge on any atom is 0.313 e. The van der Waals surface area contributed by atoms with E-state index in [1.807, 2.05) is 19.1 Å². The smallest absolute Gasteiger partial charge is 0.313 e. The number of esters is 1. The van der Waals surface area contributed by atoms with Crippen LogP contribution in [-0.4, -0.2) is 40.2 Å². The molecule has 0 fully saturated rings. The van der Waals surface area contributed by atoms with Crippen LogP contribution in [0.15, 0.2) is 28.6 Å². The van der Waals surface area contributed by atoms with E-state index in [9.17, 15) is 14.4 Å². The molecule has 1 aromatic heterocycles. The lowest BCUT2D eigenvalue weighted by atomic mass is 10.1. The molecule has 2 rings (SSSR count). The lowest BCUT2D eigenvalue weighted by Gasteiger charge is -2.01. The number of nitrogens with zero attached hydrogens (tertiary/aromatic N) is 2. The minimum Gasteiger partial charge on any atom is -0.466 e. The van der Waals surface area contributed by atoms with Crippen LogP contribution in [0.3, 0.4) is 0 Å². The van der Waals surface area contributed by atoms with Crippen molar-refractivity contribution in [1.82, 2.24) is 10.2 Å². The van der Waals surface area contributed by atoms with Crippen LogP contribution in [0.1, 0.15) is 29.3 Å². The number of ketones is 1. The molecule has 0 radical (unpaired) electrons. The van der Waals surface area contributed by atoms with Gasteiger partial charge in [-0.2, -0.15) is 0 Å². The van der Waals surface area contributed by atoms with Crippen molar-refractivity contribution in [2.75, 3.05) is 17.7 Å². The molecule has 0 atom stereocenters. The number of nitrogens with one attached hydrogen (secondary N) is 1. The molecule has 0 unspecified atom stereocenters. The van der Waals surface area contributed by atoms with Gasteiger partial charge in [-0.15, -0.1) is 10.2 Å². The third kappa shape index (κ3) is 6.28. The van der Waals surface area contributed by atoms with Gasteiger partial charge < -0.3 is 4.74 Å². The summed E-state index contributed by atoms with van der Waals surface area (Å²) in [6, 6.07) is 7.17. The molecule has 25 heavy (non-hydrogen) atoms. The number of amides is 1. The largest absolute Gasteiger partial charge is 0.466 e. The minimum atomic E-state index is -0.531. The fourth-order valence-corrected chi connectivity index (χ4v) is 3.37. The fraction of sp³-hybridized carbons (Fsp3) is 0.312. The summed E-state index contributed by atoms with van der Waals surface area (Å²) in [5, 5.41) is 10.8. The quantitative estimate of drug-likeness (QED) is 0.326. The Hall–Kier alpha value is -2.26. The standard InChI is InChI=1S/C16H17N3O4S2/c1-3-23-13(21)8-12(20)9-24-16-19-18-15(25-16)17-14(22)11-6-4-10(2)5-7-11/h4-7H,3,8-9H2,1-2H3,(H,17,18,22). The van der Waals surface area contributed by atoms with Crippen molar-refractivity contribution >= 4 is 45.9 Å². The van der Waals surface area contributed by atoms with Crippen molar-refractivity contribution in [1.29, 1.82) is 0 Å². The molecule has 2 aromatic rings. The van der Waals surface area contributed by atoms with E-state index < -0.39 is 5.97 Å². The molecule has 0 aliphatic heterocycles. The molecule has 1 amide bonds. The van der Waals surface area contributed by atoms with E-state index >= 15 is 0 Å². The van der Waals surface area contributed by atoms with E-state index in [1.165, 1.54) is 23.1 Å². The number of Topliss-reactive ketones (excluding diaryl/α,β-unsaturated/α-hetero) is 1. The highest BCUT2D eigenvalue weighted by atomic mass is 32.2. The average Bonchev–Trinajstić information content (AvgIpc) is 3.01. The Morgan fingerprint density at radius 3 is 2.60 bits per heavy atom. The summed E-state index contributed by atoms with van der Waals surface area (Å²) in [5.74, 6) is -0.953. The molecule has 132 valence electrons. The molecule has 0 saturated carbocycles. The van der Waals surface area contributed by atoms with Gasteiger partial charge >= 0.3 is 5.97 Å². The van der Waals surface area contributed by atoms with Crippen molar-refractivity contribution in [2.24, 2.45) is 0 Å². The first kappa shape index (κ1) is 19.1. The summed E-state index contributed by atoms with van der Waals surface area (Å²) < 4.78 is 5.26. The number of thioether (sulfide) groups is 1. The van der Waals surface area contributed by atoms with E-state index in [0.717, 1.165) is 5.56 Å². The van der Waals surface area contributed by atoms with Crippen LogP contribution < -0.4 is 5.32 Å². The second kappa shape index (κ2) is 9.28. The SMILES string of the molecule is CCOC(=O)CC(=O)CSc1nnc(NC(=O)c2ccc(C)cc2)s1. The van der Waals surface area contributed by atoms with Gasteiger partial charge in [0, 0.05) is 5.56 Å². The second-order valence-corrected chi connectivity index (χ2v) is 7.20. The van der Waals surface area contributed by atoms with Gasteiger partial charge in [0.1, 0.15) is 6.42 Å². The number of hydrogen-bond acceptors (Lipinski definition) is 8. The van der Waals surface area contributed by atoms with Gasteiger partial charge in [0.05, 0.1) is 12.4 Å². The third-order valence-corrected chi connectivity index (χ3v) is 4.98. The predicted octanol–water partition coefficient (Wildman–Crippen LogP) is 2.71. The number of carbonyl (C=O) groups is 3. The summed E-state index contributed by atoms with van der Waals surface area (Å²) in [5.41, 5.74) is 1.60. The van der Waals surface area contributed by atoms with Crippen LogP contribution in [-0.2, 0) is 14.3 Å². The number of carbonyl (C=O) groups excluding carboxylic acids is 3. The van der Waals surface area contributed by atoms with Gasteiger partial charge in [0.2, 0.25) is 5.13 Å². The zero-order chi connectivity index (χ0) is 18.2. The topological polar surface area (TPSA) is 98.2 Å². The highest BCUT2D eigenvalue weighted by Gasteiger charge is 2.14. The van der Waals surface area contributed by atoms with Crippen LogP contribution in [0.5, 0.6) is 0 Å². The first-order valence-electron chi connectivity index (χ1n) is 7.49. The van der Waals surface area contributed by atoms with E-state index in [-0.39, 0.29) is 30.5 Å². The van der Waals surface area contributed by atoms with E-state index in [4.69, 9.17) is 4.74 Å². The van der Waals surface area contributed by atoms with Crippen LogP contribution in [0.2, 0.25) is 0 Å². The number of hydrogen-bond donors (Lipinski definition) is 1. The number of ether oxygens (including phenoxy) is 1. The summed E-state index contributed by atoms with van der Waals surface area (Å²) >= 11 is 2.34. The Bertz CT molecular complexity index is 759. The lowest BCUT2D eigenvalue weighted by Crippen LogP contribution is -2.12. The molecule has 1 heterocycles. The molecule has 1 N–H and O–H groups in total. The van der Waals surface area contributed by atoms with Gasteiger partial charge in [0.25, 0.3) is 5.91 Å². The molecular formula is C16H17N3O4S2. The number of aromatic nitrogens is 2. The number of anilines is 1. The maximum atomic E-state index is 12.1. The molecule has 0 bridgehead atoms. The van der Waals surface area contributed by atoms with E-state index in [2.05, 4.69) is 15.5 Å². The van der Waals surface area contributed by atoms with Gasteiger partial charge in [-0.1, -0.05) is 40.8 Å². The Morgan fingerprint density at radius 2 is 1.92 bits per heavy atom. The van der Waals surface area contributed by atoms with Crippen LogP contribution in [0, 0.1) is 6.92 Å². The number of benzene rings is 1. The van der Waals surface area contributed by atoms with Crippen molar-refractivity contribution < 1.29 is 19.1 Å². The van der Waals surface area contributed by atoms with Crippen molar-refractivity contribution in [3.05, 3.63) is 35.4 Å². The lowest BCUT2D eigenvalue weighted by molar-refractivity contribution is -0.145. The monoisotopic (exact) mass is 379 g/mol. The molecule has 0 aliphatic rings. The minimum absolute atomic E-state index is 0.0966. The molecule has 0 saturated heterocycles. The van der Waals surface area contributed by atoms with Crippen LogP contribution in [0.4, 0.5) is 5.13 Å². The summed E-state index contributed by atoms with van der Waals surface area (Å²) in [6.45, 7) is 3.88. The fourth-order valence-electron chi connectivity index (χ4n) is 1.76. The first-order chi connectivity index (χ1) is 12.0. The van der Waals surface area contributed by atoms with Crippen LogP contribution in [0.25, 0.3) is 0 Å². The van der Waals surface area contributed by atoms with Gasteiger partial charge in [-0.05, 0) is 26.0 Å². The summed E-state index contributed by atoms with van der Waals surface area (Å²) in [4.78, 5) is 35.0. The first-order valence-corrected chi connectivity index (χ1v) is 9.29. The molecule has 1 aromatic carbocycles. The van der Waals surface area contributed by atoms with E-state index in [0.29, 0.717) is 15.0 Å². The van der Waals surface area contributed by atoms with Gasteiger partial charge in [-0.25, -0.2) is 0 Å². The maximum absolute atomic E-state index is 12.1. The van der Waals surface area contributed by atoms with Crippen molar-refractivity contribution in [2.45, 2.75) is 24.6 Å². The second-order valence-electron chi connectivity index (χ2n) is 5.00. The molecule has 9 heteroatoms. The van der Waals surface area contributed by atoms with Crippen molar-refractivity contribution in [3.63, 3.8) is 0 Å². The number of aryl methyl sites for hydroxylation is 1. The normalized spacial score (nSPS) is 10.3. The Morgan fingerprint density at radius 1 is 1.20 bits per heavy atom. The average molecular weight is 379 g/mol. The zero-order valence-corrected chi connectivity index (χ0v) is 15.4. The predicted molar refractivity (Wildman–Crippen MR) is 96.0 cm³/mol. The van der Waals surface area contributed by atoms with Gasteiger partial charge in [-0.3, -0.25) is 19.7 Å². The van der Waals surface area contributed by atoms with Crippen LogP contribution >= 0.6 is 23.1 Å². The third-order valence-electron chi connectivity index (χ3n) is 2.94.